The topological polar surface area (TPSA) is 51.2 Å². The summed E-state index contributed by atoms with van der Waals surface area (Å²) in [4.78, 5) is 15.7. The van der Waals surface area contributed by atoms with Crippen LogP contribution in [-0.2, 0) is 9.53 Å². The largest absolute Gasteiger partial charge is 0.369 e. The summed E-state index contributed by atoms with van der Waals surface area (Å²) in [7, 11) is 1.53. The van der Waals surface area contributed by atoms with Gasteiger partial charge in [0.25, 0.3) is 5.91 Å². The normalized spacial score (nSPS) is 14.3. The van der Waals surface area contributed by atoms with Crippen molar-refractivity contribution in [1.82, 2.24) is 4.98 Å². The number of hydrogen-bond donors (Lipinski definition) is 1. The van der Waals surface area contributed by atoms with Gasteiger partial charge < -0.3 is 10.1 Å². The molecule has 0 aromatic carbocycles. The Morgan fingerprint density at radius 1 is 1.67 bits per heavy atom. The van der Waals surface area contributed by atoms with Crippen molar-refractivity contribution in [1.29, 1.82) is 0 Å². The fourth-order valence-corrected chi connectivity index (χ4v) is 1.10. The van der Waals surface area contributed by atoms with Crippen molar-refractivity contribution in [3.63, 3.8) is 0 Å². The molecule has 0 fully saturated rings. The third-order valence-electron chi connectivity index (χ3n) is 2.52. The van der Waals surface area contributed by atoms with Gasteiger partial charge in [-0.3, -0.25) is 9.78 Å². The van der Waals surface area contributed by atoms with Crippen LogP contribution in [0.25, 0.3) is 0 Å². The third-order valence-corrected chi connectivity index (χ3v) is 2.52. The molecule has 4 nitrogen and oxygen atoms in total. The average molecular weight is 208 g/mol. The number of carbonyl (C=O) groups is 1. The van der Waals surface area contributed by atoms with Crippen molar-refractivity contribution in [3.8, 4) is 0 Å². The Labute approximate surface area is 89.7 Å². The number of anilines is 1. The van der Waals surface area contributed by atoms with Gasteiger partial charge in [-0.1, -0.05) is 6.92 Å². The molecule has 1 aromatic rings. The fourth-order valence-electron chi connectivity index (χ4n) is 1.10. The summed E-state index contributed by atoms with van der Waals surface area (Å²) in [6.07, 6.45) is 3.88. The van der Waals surface area contributed by atoms with Gasteiger partial charge in [-0.15, -0.1) is 0 Å². The number of nitrogens with one attached hydrogen (secondary N) is 1. The summed E-state index contributed by atoms with van der Waals surface area (Å²) in [5, 5.41) is 2.76. The standard InChI is InChI=1S/C11H16N2O2/c1-4-11(2,15-3)10(14)13-9-6-5-7-12-8-9/h5-8H,4H2,1-3H3,(H,13,14). The Morgan fingerprint density at radius 3 is 2.87 bits per heavy atom. The van der Waals surface area contributed by atoms with Crippen LogP contribution in [0.15, 0.2) is 24.5 Å². The number of hydrogen-bond acceptors (Lipinski definition) is 3. The Kier molecular flexibility index (Phi) is 3.80. The molecule has 1 atom stereocenters. The second-order valence-electron chi connectivity index (χ2n) is 3.48. The van der Waals surface area contributed by atoms with Gasteiger partial charge >= 0.3 is 0 Å². The lowest BCUT2D eigenvalue weighted by Crippen LogP contribution is -2.41. The molecular formula is C11H16N2O2. The predicted molar refractivity (Wildman–Crippen MR) is 58.6 cm³/mol. The summed E-state index contributed by atoms with van der Waals surface area (Å²) < 4.78 is 5.19. The van der Waals surface area contributed by atoms with Crippen LogP contribution in [0.5, 0.6) is 0 Å². The van der Waals surface area contributed by atoms with Crippen LogP contribution in [0.2, 0.25) is 0 Å². The number of carbonyl (C=O) groups excluding carboxylic acids is 1. The van der Waals surface area contributed by atoms with Crippen LogP contribution in [0.3, 0.4) is 0 Å². The summed E-state index contributed by atoms with van der Waals surface area (Å²) in [5.41, 5.74) is -0.102. The number of nitrogens with zero attached hydrogens (tertiary/aromatic N) is 1. The predicted octanol–water partition coefficient (Wildman–Crippen LogP) is 1.84. The van der Waals surface area contributed by atoms with Gasteiger partial charge in [0.15, 0.2) is 0 Å². The minimum absolute atomic E-state index is 0.152. The molecule has 82 valence electrons. The van der Waals surface area contributed by atoms with Crippen molar-refractivity contribution in [2.24, 2.45) is 0 Å². The Hall–Kier alpha value is -1.42. The zero-order chi connectivity index (χ0) is 11.3. The molecule has 1 N–H and O–H groups in total. The summed E-state index contributed by atoms with van der Waals surface area (Å²) in [6.45, 7) is 3.67. The van der Waals surface area contributed by atoms with E-state index < -0.39 is 5.60 Å². The molecular weight excluding hydrogens is 192 g/mol. The maximum absolute atomic E-state index is 11.8. The summed E-state index contributed by atoms with van der Waals surface area (Å²) in [6, 6.07) is 3.56. The number of rotatable bonds is 4. The molecule has 1 heterocycles. The van der Waals surface area contributed by atoms with Crippen LogP contribution in [0.4, 0.5) is 5.69 Å². The monoisotopic (exact) mass is 208 g/mol. The van der Waals surface area contributed by atoms with Crippen molar-refractivity contribution in [2.75, 3.05) is 12.4 Å². The first kappa shape index (κ1) is 11.7. The van der Waals surface area contributed by atoms with Gasteiger partial charge in [-0.2, -0.15) is 0 Å². The lowest BCUT2D eigenvalue weighted by molar-refractivity contribution is -0.136. The van der Waals surface area contributed by atoms with E-state index in [1.807, 2.05) is 6.92 Å². The van der Waals surface area contributed by atoms with E-state index in [1.54, 1.807) is 31.5 Å². The molecule has 15 heavy (non-hydrogen) atoms. The molecule has 1 aromatic heterocycles. The van der Waals surface area contributed by atoms with Gasteiger partial charge in [0, 0.05) is 13.3 Å². The molecule has 0 radical (unpaired) electrons. The fraction of sp³-hybridized carbons (Fsp3) is 0.455. The van der Waals surface area contributed by atoms with Crippen molar-refractivity contribution < 1.29 is 9.53 Å². The minimum atomic E-state index is -0.782. The molecule has 0 saturated carbocycles. The Balaban J connectivity index is 2.71. The first-order valence-electron chi connectivity index (χ1n) is 4.89. The average Bonchev–Trinajstić information content (AvgIpc) is 2.29. The molecule has 0 bridgehead atoms. The number of pyridine rings is 1. The van der Waals surface area contributed by atoms with E-state index in [1.165, 1.54) is 7.11 Å². The van der Waals surface area contributed by atoms with E-state index in [-0.39, 0.29) is 5.91 Å². The molecule has 4 heteroatoms. The highest BCUT2D eigenvalue weighted by Gasteiger charge is 2.30. The SMILES string of the molecule is CCC(C)(OC)C(=O)Nc1cccnc1. The van der Waals surface area contributed by atoms with E-state index in [4.69, 9.17) is 4.74 Å². The van der Waals surface area contributed by atoms with Crippen molar-refractivity contribution in [3.05, 3.63) is 24.5 Å². The van der Waals surface area contributed by atoms with Crippen LogP contribution in [0.1, 0.15) is 20.3 Å². The highest BCUT2D eigenvalue weighted by molar-refractivity contribution is 5.96. The lowest BCUT2D eigenvalue weighted by Gasteiger charge is -2.25. The van der Waals surface area contributed by atoms with Gasteiger partial charge in [-0.05, 0) is 25.5 Å². The highest BCUT2D eigenvalue weighted by Crippen LogP contribution is 2.16. The van der Waals surface area contributed by atoms with E-state index in [0.717, 1.165) is 0 Å². The van der Waals surface area contributed by atoms with E-state index in [0.29, 0.717) is 12.1 Å². The number of amides is 1. The first-order valence-corrected chi connectivity index (χ1v) is 4.89. The Morgan fingerprint density at radius 2 is 2.40 bits per heavy atom. The maximum Gasteiger partial charge on any atom is 0.256 e. The molecule has 0 aliphatic heterocycles. The van der Waals surface area contributed by atoms with Crippen LogP contribution >= 0.6 is 0 Å². The number of ether oxygens (including phenoxy) is 1. The van der Waals surface area contributed by atoms with Crippen molar-refractivity contribution >= 4 is 11.6 Å². The van der Waals surface area contributed by atoms with Crippen LogP contribution < -0.4 is 5.32 Å². The van der Waals surface area contributed by atoms with E-state index >= 15 is 0 Å². The molecule has 0 spiro atoms. The smallest absolute Gasteiger partial charge is 0.256 e. The van der Waals surface area contributed by atoms with Crippen LogP contribution in [0, 0.1) is 0 Å². The quantitative estimate of drug-likeness (QED) is 0.821. The highest BCUT2D eigenvalue weighted by atomic mass is 16.5. The Bertz CT molecular complexity index is 321. The lowest BCUT2D eigenvalue weighted by atomic mass is 10.0. The third kappa shape index (κ3) is 2.76. The van der Waals surface area contributed by atoms with Gasteiger partial charge in [0.1, 0.15) is 5.60 Å². The molecule has 1 rings (SSSR count). The maximum atomic E-state index is 11.8. The summed E-state index contributed by atoms with van der Waals surface area (Å²) in [5.74, 6) is -0.152. The minimum Gasteiger partial charge on any atom is -0.369 e. The van der Waals surface area contributed by atoms with E-state index in [9.17, 15) is 4.79 Å². The van der Waals surface area contributed by atoms with E-state index in [2.05, 4.69) is 10.3 Å². The van der Waals surface area contributed by atoms with Gasteiger partial charge in [-0.25, -0.2) is 0 Å². The van der Waals surface area contributed by atoms with Gasteiger partial charge in [0.05, 0.1) is 11.9 Å². The second kappa shape index (κ2) is 4.89. The zero-order valence-corrected chi connectivity index (χ0v) is 9.28. The molecule has 1 amide bonds. The summed E-state index contributed by atoms with van der Waals surface area (Å²) >= 11 is 0. The van der Waals surface area contributed by atoms with Crippen molar-refractivity contribution in [2.45, 2.75) is 25.9 Å². The molecule has 0 saturated heterocycles. The number of methoxy groups -OCH3 is 1. The first-order chi connectivity index (χ1) is 7.12. The van der Waals surface area contributed by atoms with Crippen LogP contribution in [-0.4, -0.2) is 23.6 Å². The van der Waals surface area contributed by atoms with Gasteiger partial charge in [0.2, 0.25) is 0 Å². The molecule has 0 aliphatic carbocycles. The molecule has 0 aliphatic rings. The second-order valence-corrected chi connectivity index (χ2v) is 3.48. The number of aromatic nitrogens is 1. The zero-order valence-electron chi connectivity index (χ0n) is 9.28. The molecule has 1 unspecified atom stereocenters.